The van der Waals surface area contributed by atoms with Crippen LogP contribution in [0.2, 0.25) is 0 Å². The van der Waals surface area contributed by atoms with Gasteiger partial charge in [0.25, 0.3) is 5.89 Å². The second-order valence-electron chi connectivity index (χ2n) is 9.64. The van der Waals surface area contributed by atoms with Crippen molar-refractivity contribution in [1.29, 1.82) is 0 Å². The number of aromatic nitrogens is 2. The molecular formula is C30H38N2O3. The smallest absolute Gasteiger partial charge is 0.349 e. The molecule has 0 bridgehead atoms. The summed E-state index contributed by atoms with van der Waals surface area (Å²) in [6.07, 6.45) is 17.9. The van der Waals surface area contributed by atoms with Gasteiger partial charge in [0.2, 0.25) is 5.89 Å². The van der Waals surface area contributed by atoms with E-state index in [9.17, 15) is 4.79 Å². The summed E-state index contributed by atoms with van der Waals surface area (Å²) in [6.45, 7) is 2.27. The first-order valence-corrected chi connectivity index (χ1v) is 13.5. The third-order valence-electron chi connectivity index (χ3n) is 6.83. The fraction of sp³-hybridized carbons (Fsp3) is 0.500. The lowest BCUT2D eigenvalue weighted by atomic mass is 10.0. The molecule has 4 aromatic rings. The highest BCUT2D eigenvalue weighted by Crippen LogP contribution is 2.27. The number of hydrogen-bond donors (Lipinski definition) is 0. The van der Waals surface area contributed by atoms with Crippen LogP contribution in [0.1, 0.15) is 96.3 Å². The van der Waals surface area contributed by atoms with Gasteiger partial charge in [0.15, 0.2) is 0 Å². The molecule has 5 nitrogen and oxygen atoms in total. The van der Waals surface area contributed by atoms with Gasteiger partial charge in [-0.25, -0.2) is 4.79 Å². The lowest BCUT2D eigenvalue weighted by Gasteiger charge is -2.03. The van der Waals surface area contributed by atoms with Crippen molar-refractivity contribution in [2.24, 2.45) is 0 Å². The van der Waals surface area contributed by atoms with Crippen LogP contribution in [0.3, 0.4) is 0 Å². The summed E-state index contributed by atoms with van der Waals surface area (Å²) in [6, 6.07) is 13.6. The van der Waals surface area contributed by atoms with Gasteiger partial charge < -0.3 is 8.83 Å². The highest BCUT2D eigenvalue weighted by molar-refractivity contribution is 6.06. The first kappa shape index (κ1) is 25.2. The minimum Gasteiger partial charge on any atom is -0.422 e. The van der Waals surface area contributed by atoms with E-state index in [2.05, 4.69) is 17.1 Å². The molecule has 0 amide bonds. The zero-order valence-corrected chi connectivity index (χ0v) is 21.1. The molecule has 0 N–H and O–H groups in total. The van der Waals surface area contributed by atoms with E-state index in [0.717, 1.165) is 29.0 Å². The Labute approximate surface area is 207 Å². The number of unbranched alkanes of at least 4 members (excludes halogenated alkanes) is 12. The SMILES string of the molecule is CCCCCCCCCCCCCCCc1nnc(-c2cc3c(ccc4ccccc43)oc2=O)o1. The van der Waals surface area contributed by atoms with E-state index >= 15 is 0 Å². The molecule has 0 aliphatic carbocycles. The second kappa shape index (κ2) is 13.2. The van der Waals surface area contributed by atoms with E-state index in [1.54, 1.807) is 0 Å². The molecule has 0 unspecified atom stereocenters. The molecule has 2 aromatic heterocycles. The minimum absolute atomic E-state index is 0.235. The Morgan fingerprint density at radius 2 is 1.34 bits per heavy atom. The maximum atomic E-state index is 12.6. The van der Waals surface area contributed by atoms with Gasteiger partial charge in [0.1, 0.15) is 11.1 Å². The number of hydrogen-bond acceptors (Lipinski definition) is 5. The number of rotatable bonds is 15. The van der Waals surface area contributed by atoms with Crippen molar-refractivity contribution < 1.29 is 8.83 Å². The van der Waals surface area contributed by atoms with Crippen molar-refractivity contribution in [3.05, 3.63) is 58.8 Å². The third-order valence-corrected chi connectivity index (χ3v) is 6.83. The normalized spacial score (nSPS) is 11.6. The van der Waals surface area contributed by atoms with Crippen molar-refractivity contribution in [3.8, 4) is 11.5 Å². The van der Waals surface area contributed by atoms with Crippen LogP contribution in [-0.2, 0) is 6.42 Å². The molecule has 0 saturated heterocycles. The molecule has 0 aliphatic heterocycles. The lowest BCUT2D eigenvalue weighted by molar-refractivity contribution is 0.481. The van der Waals surface area contributed by atoms with Crippen molar-refractivity contribution in [2.75, 3.05) is 0 Å². The zero-order valence-electron chi connectivity index (χ0n) is 21.1. The van der Waals surface area contributed by atoms with Gasteiger partial charge in [-0.15, -0.1) is 10.2 Å². The summed E-state index contributed by atoms with van der Waals surface area (Å²) in [4.78, 5) is 12.6. The van der Waals surface area contributed by atoms with Gasteiger partial charge in [-0.1, -0.05) is 114 Å². The average Bonchev–Trinajstić information content (AvgIpc) is 3.35. The van der Waals surface area contributed by atoms with Gasteiger partial charge in [0.05, 0.1) is 0 Å². The van der Waals surface area contributed by atoms with Gasteiger partial charge in [-0.2, -0.15) is 0 Å². The standard InChI is InChI=1S/C30H38N2O3/c1-2-3-4-5-6-7-8-9-10-11-12-13-14-19-28-31-32-29(35-28)26-22-25-24-18-16-15-17-23(24)20-21-27(25)34-30(26)33/h15-18,20-22H,2-14,19H2,1H3. The van der Waals surface area contributed by atoms with E-state index < -0.39 is 5.63 Å². The fourth-order valence-electron chi connectivity index (χ4n) is 4.78. The predicted octanol–water partition coefficient (Wildman–Crippen LogP) is 8.63. The molecule has 0 spiro atoms. The van der Waals surface area contributed by atoms with E-state index in [1.165, 1.54) is 77.0 Å². The van der Waals surface area contributed by atoms with E-state index in [-0.39, 0.29) is 5.89 Å². The van der Waals surface area contributed by atoms with Crippen molar-refractivity contribution in [1.82, 2.24) is 10.2 Å². The molecule has 0 atom stereocenters. The van der Waals surface area contributed by atoms with Crippen LogP contribution in [0.5, 0.6) is 0 Å². The van der Waals surface area contributed by atoms with Gasteiger partial charge in [-0.05, 0) is 29.3 Å². The number of benzene rings is 2. The molecule has 2 aromatic carbocycles. The van der Waals surface area contributed by atoms with Gasteiger partial charge >= 0.3 is 5.63 Å². The van der Waals surface area contributed by atoms with Gasteiger partial charge in [-0.3, -0.25) is 0 Å². The molecule has 4 rings (SSSR count). The van der Waals surface area contributed by atoms with Crippen LogP contribution in [0, 0.1) is 0 Å². The quantitative estimate of drug-likeness (QED) is 0.0979. The fourth-order valence-corrected chi connectivity index (χ4v) is 4.78. The Morgan fingerprint density at radius 1 is 0.686 bits per heavy atom. The maximum absolute atomic E-state index is 12.6. The molecule has 0 radical (unpaired) electrons. The van der Waals surface area contributed by atoms with Crippen LogP contribution in [0.25, 0.3) is 33.2 Å². The van der Waals surface area contributed by atoms with Crippen LogP contribution < -0.4 is 5.63 Å². The predicted molar refractivity (Wildman–Crippen MR) is 143 cm³/mol. The van der Waals surface area contributed by atoms with E-state index in [0.29, 0.717) is 17.0 Å². The Morgan fingerprint density at radius 3 is 2.06 bits per heavy atom. The lowest BCUT2D eigenvalue weighted by Crippen LogP contribution is -2.03. The molecule has 35 heavy (non-hydrogen) atoms. The summed E-state index contributed by atoms with van der Waals surface area (Å²) < 4.78 is 11.4. The molecule has 186 valence electrons. The van der Waals surface area contributed by atoms with Gasteiger partial charge in [0, 0.05) is 11.8 Å². The highest BCUT2D eigenvalue weighted by Gasteiger charge is 2.16. The first-order valence-electron chi connectivity index (χ1n) is 13.5. The maximum Gasteiger partial charge on any atom is 0.349 e. The number of nitrogens with zero attached hydrogens (tertiary/aromatic N) is 2. The van der Waals surface area contributed by atoms with Crippen LogP contribution >= 0.6 is 0 Å². The zero-order chi connectivity index (χ0) is 24.3. The highest BCUT2D eigenvalue weighted by atomic mass is 16.4. The van der Waals surface area contributed by atoms with Crippen molar-refractivity contribution in [2.45, 2.75) is 96.8 Å². The summed E-state index contributed by atoms with van der Waals surface area (Å²) >= 11 is 0. The van der Waals surface area contributed by atoms with E-state index in [1.807, 2.05) is 42.5 Å². The molecule has 2 heterocycles. The van der Waals surface area contributed by atoms with Crippen LogP contribution in [0.15, 0.2) is 56.1 Å². The largest absolute Gasteiger partial charge is 0.422 e. The number of aryl methyl sites for hydroxylation is 1. The van der Waals surface area contributed by atoms with Crippen molar-refractivity contribution in [3.63, 3.8) is 0 Å². The van der Waals surface area contributed by atoms with Crippen LogP contribution in [0.4, 0.5) is 0 Å². The topological polar surface area (TPSA) is 69.1 Å². The summed E-state index contributed by atoms with van der Waals surface area (Å²) in [5, 5.41) is 11.3. The van der Waals surface area contributed by atoms with Crippen molar-refractivity contribution >= 4 is 21.7 Å². The minimum atomic E-state index is -0.455. The Hall–Kier alpha value is -2.95. The van der Waals surface area contributed by atoms with E-state index in [4.69, 9.17) is 8.83 Å². The summed E-state index contributed by atoms with van der Waals surface area (Å²) in [5.41, 5.74) is 0.422. The second-order valence-corrected chi connectivity index (χ2v) is 9.64. The molecule has 0 fully saturated rings. The molecule has 0 saturated carbocycles. The third kappa shape index (κ3) is 7.03. The summed E-state index contributed by atoms with van der Waals surface area (Å²) in [7, 11) is 0. The Balaban J connectivity index is 1.21. The average molecular weight is 475 g/mol. The molecular weight excluding hydrogens is 436 g/mol. The monoisotopic (exact) mass is 474 g/mol. The first-order chi connectivity index (χ1) is 17.3. The summed E-state index contributed by atoms with van der Waals surface area (Å²) in [5.74, 6) is 0.818. The Bertz CT molecular complexity index is 1260. The molecule has 0 aliphatic rings. The number of fused-ring (bicyclic) bond motifs is 3. The Kier molecular flexibility index (Phi) is 9.50. The molecule has 5 heteroatoms. The van der Waals surface area contributed by atoms with Crippen LogP contribution in [-0.4, -0.2) is 10.2 Å².